The molecule has 0 fully saturated rings. The Labute approximate surface area is 91.6 Å². The fraction of sp³-hybridized carbons (Fsp3) is 0.385. The van der Waals surface area contributed by atoms with E-state index in [1.165, 1.54) is 25.7 Å². The molecule has 1 aliphatic carbocycles. The number of rotatable bonds is 1. The number of hydrogen-bond acceptors (Lipinski definition) is 0. The van der Waals surface area contributed by atoms with E-state index in [1.807, 2.05) is 10.0 Å². The van der Waals surface area contributed by atoms with Crippen LogP contribution in [0.5, 0.6) is 0 Å². The van der Waals surface area contributed by atoms with Crippen LogP contribution in [-0.2, 0) is 0 Å². The van der Waals surface area contributed by atoms with Crippen LogP contribution in [0.2, 0.25) is 0 Å². The first-order valence-electron chi connectivity index (χ1n) is 5.36. The molecule has 14 heavy (non-hydrogen) atoms. The second-order valence-corrected chi connectivity index (χ2v) is 6.82. The Kier molecular flexibility index (Phi) is 2.23. The van der Waals surface area contributed by atoms with Gasteiger partial charge in [0.25, 0.3) is 0 Å². The Morgan fingerprint density at radius 1 is 1.07 bits per heavy atom. The third-order valence-electron chi connectivity index (χ3n) is 3.16. The predicted molar refractivity (Wildman–Crippen MR) is 60.4 cm³/mol. The molecule has 0 saturated heterocycles. The van der Waals surface area contributed by atoms with Crippen LogP contribution in [0, 0.1) is 0 Å². The van der Waals surface area contributed by atoms with Crippen molar-refractivity contribution in [1.29, 1.82) is 0 Å². The molecule has 3 rings (SSSR count). The van der Waals surface area contributed by atoms with Crippen LogP contribution in [0.3, 0.4) is 0 Å². The van der Waals surface area contributed by atoms with Crippen LogP contribution in [0.25, 0.3) is 0 Å². The van der Waals surface area contributed by atoms with Crippen LogP contribution in [-0.4, -0.2) is 15.0 Å². The summed E-state index contributed by atoms with van der Waals surface area (Å²) in [7, 11) is 0. The number of hydrogen-bond donors (Lipinski definition) is 0. The fourth-order valence-electron chi connectivity index (χ4n) is 2.43. The third-order valence-corrected chi connectivity index (χ3v) is 6.31. The van der Waals surface area contributed by atoms with Crippen LogP contribution in [0.4, 0.5) is 0 Å². The van der Waals surface area contributed by atoms with Crippen molar-refractivity contribution in [1.82, 2.24) is 0 Å². The quantitative estimate of drug-likeness (QED) is 0.670. The molecule has 1 aromatic carbocycles. The maximum absolute atomic E-state index is 2.30. The monoisotopic (exact) mass is 250 g/mol. The van der Waals surface area contributed by atoms with Crippen molar-refractivity contribution in [2.75, 3.05) is 0 Å². The second kappa shape index (κ2) is 3.56. The summed E-state index contributed by atoms with van der Waals surface area (Å²) in [6.07, 6.45) is 5.63. The van der Waals surface area contributed by atoms with E-state index in [2.05, 4.69) is 30.3 Å². The van der Waals surface area contributed by atoms with E-state index in [4.69, 9.17) is 0 Å². The molecule has 2 aliphatic rings. The summed E-state index contributed by atoms with van der Waals surface area (Å²) in [5.74, 6) is 0. The summed E-state index contributed by atoms with van der Waals surface area (Å²) >= 11 is 0.771. The molecule has 1 aliphatic heterocycles. The molecular formula is C13H14Se. The van der Waals surface area contributed by atoms with Gasteiger partial charge in [-0.3, -0.25) is 0 Å². The van der Waals surface area contributed by atoms with Crippen molar-refractivity contribution in [3.63, 3.8) is 0 Å². The second-order valence-electron chi connectivity index (χ2n) is 4.10. The topological polar surface area (TPSA) is 0 Å². The Morgan fingerprint density at radius 2 is 1.93 bits per heavy atom. The molecule has 0 radical (unpaired) electrons. The molecule has 1 heteroatoms. The summed E-state index contributed by atoms with van der Waals surface area (Å²) in [5, 5.41) is 0. The average molecular weight is 249 g/mol. The Bertz CT molecular complexity index is 348. The zero-order valence-electron chi connectivity index (χ0n) is 8.20. The van der Waals surface area contributed by atoms with Gasteiger partial charge in [0.1, 0.15) is 0 Å². The molecule has 0 saturated carbocycles. The van der Waals surface area contributed by atoms with Gasteiger partial charge in [-0.1, -0.05) is 0 Å². The SMILES string of the molecule is c1ccc(C2CC3=C(CCC3)[Se]2)cc1. The van der Waals surface area contributed by atoms with Gasteiger partial charge in [0.05, 0.1) is 0 Å². The summed E-state index contributed by atoms with van der Waals surface area (Å²) < 4.78 is 1.85. The van der Waals surface area contributed by atoms with E-state index >= 15 is 0 Å². The summed E-state index contributed by atoms with van der Waals surface area (Å²) in [5.41, 5.74) is 3.39. The van der Waals surface area contributed by atoms with E-state index in [1.54, 1.807) is 5.56 Å². The summed E-state index contributed by atoms with van der Waals surface area (Å²) in [4.78, 5) is 0.869. The normalized spacial score (nSPS) is 25.6. The number of allylic oxidation sites excluding steroid dienone is 2. The van der Waals surface area contributed by atoms with Crippen molar-refractivity contribution in [3.8, 4) is 0 Å². The van der Waals surface area contributed by atoms with Gasteiger partial charge in [0, 0.05) is 0 Å². The standard InChI is InChI=1S/C13H14Se/c1-2-5-10(6-3-1)13-9-11-7-4-8-12(11)14-13/h1-3,5-6,13H,4,7-9H2. The van der Waals surface area contributed by atoms with E-state index in [0.29, 0.717) is 0 Å². The molecule has 0 bridgehead atoms. The Morgan fingerprint density at radius 3 is 2.71 bits per heavy atom. The molecule has 0 nitrogen and oxygen atoms in total. The molecule has 0 amide bonds. The van der Waals surface area contributed by atoms with Crippen molar-refractivity contribution in [2.45, 2.75) is 30.5 Å². The van der Waals surface area contributed by atoms with Crippen molar-refractivity contribution in [3.05, 3.63) is 45.9 Å². The van der Waals surface area contributed by atoms with Gasteiger partial charge < -0.3 is 0 Å². The third kappa shape index (κ3) is 1.45. The first-order valence-corrected chi connectivity index (χ1v) is 7.20. The minimum absolute atomic E-state index is 0.771. The van der Waals surface area contributed by atoms with Gasteiger partial charge in [0.2, 0.25) is 0 Å². The van der Waals surface area contributed by atoms with E-state index in [0.717, 1.165) is 19.8 Å². The molecule has 72 valence electrons. The van der Waals surface area contributed by atoms with Gasteiger partial charge in [-0.25, -0.2) is 0 Å². The molecule has 1 unspecified atom stereocenters. The molecular weight excluding hydrogens is 235 g/mol. The molecule has 1 atom stereocenters. The van der Waals surface area contributed by atoms with Crippen molar-refractivity contribution in [2.24, 2.45) is 0 Å². The van der Waals surface area contributed by atoms with Gasteiger partial charge >= 0.3 is 91.4 Å². The minimum atomic E-state index is 0.771. The van der Waals surface area contributed by atoms with Gasteiger partial charge in [-0.05, 0) is 0 Å². The molecule has 1 aromatic rings. The molecule has 0 aromatic heterocycles. The Balaban J connectivity index is 1.80. The van der Waals surface area contributed by atoms with Crippen LogP contribution in [0.1, 0.15) is 36.1 Å². The van der Waals surface area contributed by atoms with Crippen LogP contribution >= 0.6 is 0 Å². The fourth-order valence-corrected chi connectivity index (χ4v) is 5.65. The molecule has 0 spiro atoms. The van der Waals surface area contributed by atoms with E-state index < -0.39 is 0 Å². The van der Waals surface area contributed by atoms with E-state index in [9.17, 15) is 0 Å². The van der Waals surface area contributed by atoms with Gasteiger partial charge in [-0.2, -0.15) is 0 Å². The summed E-state index contributed by atoms with van der Waals surface area (Å²) in [6, 6.07) is 11.1. The maximum atomic E-state index is 2.30. The predicted octanol–water partition coefficient (Wildman–Crippen LogP) is 3.27. The van der Waals surface area contributed by atoms with Crippen molar-refractivity contribution >= 4 is 15.0 Å². The van der Waals surface area contributed by atoms with Crippen LogP contribution < -0.4 is 0 Å². The van der Waals surface area contributed by atoms with Crippen molar-refractivity contribution < 1.29 is 0 Å². The van der Waals surface area contributed by atoms with Gasteiger partial charge in [-0.15, -0.1) is 0 Å². The van der Waals surface area contributed by atoms with Gasteiger partial charge in [0.15, 0.2) is 0 Å². The molecule has 0 N–H and O–H groups in total. The van der Waals surface area contributed by atoms with E-state index in [-0.39, 0.29) is 0 Å². The number of benzene rings is 1. The zero-order valence-corrected chi connectivity index (χ0v) is 9.91. The first-order chi connectivity index (χ1) is 6.93. The van der Waals surface area contributed by atoms with Crippen LogP contribution in [0.15, 0.2) is 40.4 Å². The Hall–Kier alpha value is -0.521. The summed E-state index contributed by atoms with van der Waals surface area (Å²) in [6.45, 7) is 0. The average Bonchev–Trinajstić information content (AvgIpc) is 2.78. The first kappa shape index (κ1) is 8.76. The zero-order chi connectivity index (χ0) is 9.38. The molecule has 1 heterocycles.